The zero-order chi connectivity index (χ0) is 10.8. The van der Waals surface area contributed by atoms with Gasteiger partial charge in [-0.15, -0.1) is 11.3 Å². The lowest BCUT2D eigenvalue weighted by atomic mass is 10.1. The van der Waals surface area contributed by atoms with Crippen LogP contribution in [0.1, 0.15) is 36.0 Å². The fourth-order valence-electron chi connectivity index (χ4n) is 1.73. The smallest absolute Gasteiger partial charge is 0.169 e. The Hall–Kier alpha value is -0.310. The molecule has 0 amide bonds. The summed E-state index contributed by atoms with van der Waals surface area (Å²) in [6.45, 7) is 0. The highest BCUT2D eigenvalue weighted by Gasteiger charge is 2.16. The highest BCUT2D eigenvalue weighted by Crippen LogP contribution is 2.33. The van der Waals surface area contributed by atoms with Gasteiger partial charge in [-0.25, -0.2) is 0 Å². The normalized spacial score (nSPS) is 15.5. The number of hydrogen-bond acceptors (Lipinski definition) is 2. The Kier molecular flexibility index (Phi) is 3.49. The average molecular weight is 261 g/mol. The van der Waals surface area contributed by atoms with Crippen LogP contribution in [0.2, 0.25) is 8.67 Å². The molecule has 1 aromatic heterocycles. The van der Waals surface area contributed by atoms with Crippen LogP contribution in [0.3, 0.4) is 0 Å². The molecule has 15 heavy (non-hydrogen) atoms. The number of ketones is 1. The predicted octanol–water partition coefficient (Wildman–Crippen LogP) is 4.74. The molecule has 0 saturated heterocycles. The fraction of sp³-hybridized carbons (Fsp3) is 0.364. The van der Waals surface area contributed by atoms with Gasteiger partial charge < -0.3 is 0 Å². The Labute approximate surface area is 103 Å². The van der Waals surface area contributed by atoms with Crippen molar-refractivity contribution in [1.29, 1.82) is 0 Å². The summed E-state index contributed by atoms with van der Waals surface area (Å²) >= 11 is 13.0. The van der Waals surface area contributed by atoms with Gasteiger partial charge in [-0.3, -0.25) is 4.79 Å². The number of Topliss-reactive ketones (excluding diaryl/α,β-unsaturated/α-hetero) is 1. The molecule has 4 heteroatoms. The van der Waals surface area contributed by atoms with Crippen LogP contribution in [0.25, 0.3) is 0 Å². The first-order valence-corrected chi connectivity index (χ1v) is 6.40. The lowest BCUT2D eigenvalue weighted by Gasteiger charge is -1.99. The highest BCUT2D eigenvalue weighted by molar-refractivity contribution is 7.20. The van der Waals surface area contributed by atoms with E-state index in [1.54, 1.807) is 6.07 Å². The molecule has 1 aromatic rings. The zero-order valence-corrected chi connectivity index (χ0v) is 10.4. The van der Waals surface area contributed by atoms with E-state index in [1.807, 2.05) is 0 Å². The minimum atomic E-state index is 0.0799. The molecule has 2 rings (SSSR count). The maximum Gasteiger partial charge on any atom is 0.169 e. The van der Waals surface area contributed by atoms with Gasteiger partial charge in [0.05, 0.1) is 4.34 Å². The van der Waals surface area contributed by atoms with Crippen molar-refractivity contribution in [1.82, 2.24) is 0 Å². The highest BCUT2D eigenvalue weighted by atomic mass is 35.5. The van der Waals surface area contributed by atoms with Crippen LogP contribution in [-0.4, -0.2) is 5.78 Å². The summed E-state index contributed by atoms with van der Waals surface area (Å²) in [5, 5.41) is 0. The Balaban J connectivity index is 2.10. The van der Waals surface area contributed by atoms with Crippen LogP contribution in [0.15, 0.2) is 17.7 Å². The Bertz CT molecular complexity index is 420. The molecule has 0 atom stereocenters. The minimum Gasteiger partial charge on any atom is -0.294 e. The van der Waals surface area contributed by atoms with Crippen LogP contribution >= 0.6 is 34.5 Å². The molecule has 1 aliphatic rings. The quantitative estimate of drug-likeness (QED) is 0.567. The monoisotopic (exact) mass is 260 g/mol. The van der Waals surface area contributed by atoms with Crippen molar-refractivity contribution in [3.63, 3.8) is 0 Å². The number of rotatable bonds is 3. The molecule has 1 aliphatic carbocycles. The summed E-state index contributed by atoms with van der Waals surface area (Å²) in [5.74, 6) is 0.0799. The molecule has 0 radical (unpaired) electrons. The Morgan fingerprint density at radius 3 is 2.80 bits per heavy atom. The van der Waals surface area contributed by atoms with E-state index in [4.69, 9.17) is 23.2 Å². The number of hydrogen-bond donors (Lipinski definition) is 0. The summed E-state index contributed by atoms with van der Waals surface area (Å²) in [6, 6.07) is 1.66. The van der Waals surface area contributed by atoms with Crippen LogP contribution < -0.4 is 0 Å². The summed E-state index contributed by atoms with van der Waals surface area (Å²) in [6.07, 6.45) is 5.95. The van der Waals surface area contributed by atoms with Gasteiger partial charge in [-0.2, -0.15) is 0 Å². The standard InChI is InChI=1S/C11H10Cl2OS/c12-10-6-8(11(13)15-10)9(14)5-7-3-1-2-4-7/h3,6H,1-2,4-5H2. The van der Waals surface area contributed by atoms with Gasteiger partial charge in [0.1, 0.15) is 4.34 Å². The third-order valence-corrected chi connectivity index (χ3v) is 3.97. The molecule has 0 fully saturated rings. The van der Waals surface area contributed by atoms with E-state index in [0.29, 0.717) is 20.7 Å². The van der Waals surface area contributed by atoms with E-state index in [1.165, 1.54) is 23.3 Å². The molecule has 0 N–H and O–H groups in total. The summed E-state index contributed by atoms with van der Waals surface area (Å²) in [5.41, 5.74) is 1.80. The topological polar surface area (TPSA) is 17.1 Å². The molecule has 0 saturated carbocycles. The second-order valence-electron chi connectivity index (χ2n) is 3.59. The van der Waals surface area contributed by atoms with E-state index in [2.05, 4.69) is 6.08 Å². The largest absolute Gasteiger partial charge is 0.294 e. The summed E-state index contributed by atoms with van der Waals surface area (Å²) in [7, 11) is 0. The van der Waals surface area contributed by atoms with Gasteiger partial charge in [0, 0.05) is 12.0 Å². The molecular weight excluding hydrogens is 251 g/mol. The van der Waals surface area contributed by atoms with Crippen LogP contribution in [0, 0.1) is 0 Å². The molecular formula is C11H10Cl2OS. The zero-order valence-electron chi connectivity index (χ0n) is 8.06. The SMILES string of the molecule is O=C(CC1=CCCC1)c1cc(Cl)sc1Cl. The van der Waals surface area contributed by atoms with Crippen molar-refractivity contribution in [2.45, 2.75) is 25.7 Å². The molecule has 1 heterocycles. The number of thiophene rings is 1. The van der Waals surface area contributed by atoms with Gasteiger partial charge >= 0.3 is 0 Å². The van der Waals surface area contributed by atoms with Crippen LogP contribution in [-0.2, 0) is 0 Å². The third-order valence-electron chi connectivity index (χ3n) is 2.48. The van der Waals surface area contributed by atoms with Crippen LogP contribution in [0.4, 0.5) is 0 Å². The fourth-order valence-corrected chi connectivity index (χ4v) is 3.23. The molecule has 0 aliphatic heterocycles. The molecule has 1 nitrogen and oxygen atoms in total. The maximum absolute atomic E-state index is 11.9. The molecule has 0 spiro atoms. The second kappa shape index (κ2) is 4.69. The number of carbonyl (C=O) groups is 1. The van der Waals surface area contributed by atoms with Gasteiger partial charge in [-0.1, -0.05) is 34.9 Å². The lowest BCUT2D eigenvalue weighted by molar-refractivity contribution is 0.0993. The predicted molar refractivity (Wildman–Crippen MR) is 65.2 cm³/mol. The van der Waals surface area contributed by atoms with Gasteiger partial charge in [-0.05, 0) is 25.3 Å². The number of halogens is 2. The first-order chi connectivity index (χ1) is 7.16. The molecule has 80 valence electrons. The first kappa shape index (κ1) is 11.2. The lowest BCUT2D eigenvalue weighted by Crippen LogP contribution is -1.98. The minimum absolute atomic E-state index is 0.0799. The number of carbonyl (C=O) groups excluding carboxylic acids is 1. The summed E-state index contributed by atoms with van der Waals surface area (Å²) in [4.78, 5) is 11.9. The van der Waals surface area contributed by atoms with Gasteiger partial charge in [0.15, 0.2) is 5.78 Å². The Morgan fingerprint density at radius 1 is 1.47 bits per heavy atom. The maximum atomic E-state index is 11.9. The van der Waals surface area contributed by atoms with Gasteiger partial charge in [0.2, 0.25) is 0 Å². The van der Waals surface area contributed by atoms with Gasteiger partial charge in [0.25, 0.3) is 0 Å². The van der Waals surface area contributed by atoms with E-state index < -0.39 is 0 Å². The van der Waals surface area contributed by atoms with Crippen molar-refractivity contribution in [3.8, 4) is 0 Å². The van der Waals surface area contributed by atoms with Crippen molar-refractivity contribution >= 4 is 40.3 Å². The summed E-state index contributed by atoms with van der Waals surface area (Å²) < 4.78 is 1.08. The molecule has 0 unspecified atom stereocenters. The van der Waals surface area contributed by atoms with E-state index in [9.17, 15) is 4.79 Å². The van der Waals surface area contributed by atoms with Crippen molar-refractivity contribution < 1.29 is 4.79 Å². The van der Waals surface area contributed by atoms with E-state index in [0.717, 1.165) is 12.8 Å². The number of allylic oxidation sites excluding steroid dienone is 2. The average Bonchev–Trinajstić information content (AvgIpc) is 2.75. The Morgan fingerprint density at radius 2 is 2.27 bits per heavy atom. The van der Waals surface area contributed by atoms with E-state index >= 15 is 0 Å². The van der Waals surface area contributed by atoms with E-state index in [-0.39, 0.29) is 5.78 Å². The third kappa shape index (κ3) is 2.63. The van der Waals surface area contributed by atoms with Crippen molar-refractivity contribution in [2.75, 3.05) is 0 Å². The van der Waals surface area contributed by atoms with Crippen molar-refractivity contribution in [3.05, 3.63) is 32.0 Å². The van der Waals surface area contributed by atoms with Crippen molar-refractivity contribution in [2.24, 2.45) is 0 Å². The molecule has 0 aromatic carbocycles. The molecule has 0 bridgehead atoms. The first-order valence-electron chi connectivity index (χ1n) is 4.83. The van der Waals surface area contributed by atoms with Crippen LogP contribution in [0.5, 0.6) is 0 Å². The second-order valence-corrected chi connectivity index (χ2v) is 5.88.